The van der Waals surface area contributed by atoms with Crippen molar-refractivity contribution in [1.29, 1.82) is 0 Å². The van der Waals surface area contributed by atoms with Crippen molar-refractivity contribution in [2.75, 3.05) is 19.0 Å². The van der Waals surface area contributed by atoms with Crippen LogP contribution in [0.4, 0.5) is 10.1 Å². The summed E-state index contributed by atoms with van der Waals surface area (Å²) in [5.74, 6) is -2.06. The maximum absolute atomic E-state index is 13.2. The number of halogens is 1. The van der Waals surface area contributed by atoms with E-state index in [1.807, 2.05) is 0 Å². The minimum Gasteiger partial charge on any atom is -0.505 e. The van der Waals surface area contributed by atoms with Gasteiger partial charge in [0.1, 0.15) is 11.3 Å². The van der Waals surface area contributed by atoms with Gasteiger partial charge in [-0.1, -0.05) is 12.1 Å². The number of carbonyl (C=O) groups is 3. The molecule has 3 aromatic rings. The molecule has 8 heteroatoms. The highest BCUT2D eigenvalue weighted by Gasteiger charge is 2.26. The van der Waals surface area contributed by atoms with Crippen LogP contribution in [0.2, 0.25) is 0 Å². The number of rotatable bonds is 7. The number of nitrogens with one attached hydrogen (secondary N) is 1. The van der Waals surface area contributed by atoms with Crippen LogP contribution in [0.1, 0.15) is 34.0 Å². The number of ketones is 1. The molecule has 2 aromatic carbocycles. The summed E-state index contributed by atoms with van der Waals surface area (Å²) in [6.07, 6.45) is 2.49. The van der Waals surface area contributed by atoms with Crippen LogP contribution in [0.15, 0.2) is 36.5 Å². The van der Waals surface area contributed by atoms with Crippen LogP contribution in [0.3, 0.4) is 0 Å². The van der Waals surface area contributed by atoms with E-state index in [1.165, 1.54) is 24.1 Å². The molecule has 1 aromatic heterocycles. The van der Waals surface area contributed by atoms with Gasteiger partial charge in [0.2, 0.25) is 5.78 Å². The third kappa shape index (κ3) is 4.29. The summed E-state index contributed by atoms with van der Waals surface area (Å²) < 4.78 is 13.2. The average Bonchev–Trinajstić information content (AvgIpc) is 2.75. The summed E-state index contributed by atoms with van der Waals surface area (Å²) in [5.41, 5.74) is 2.43. The average molecular weight is 423 g/mol. The fourth-order valence-corrected chi connectivity index (χ4v) is 3.58. The van der Waals surface area contributed by atoms with Gasteiger partial charge in [0.05, 0.1) is 11.3 Å². The van der Waals surface area contributed by atoms with Crippen molar-refractivity contribution in [2.45, 2.75) is 19.9 Å². The number of amides is 1. The first-order valence-corrected chi connectivity index (χ1v) is 9.57. The maximum Gasteiger partial charge on any atom is 0.293 e. The molecule has 0 aliphatic heterocycles. The van der Waals surface area contributed by atoms with Gasteiger partial charge < -0.3 is 15.3 Å². The van der Waals surface area contributed by atoms with Crippen LogP contribution in [0, 0.1) is 5.82 Å². The lowest BCUT2D eigenvalue weighted by atomic mass is 9.96. The number of phenolic OH excluding ortho intramolecular Hbond substituents is 1. The lowest BCUT2D eigenvalue weighted by Crippen LogP contribution is -2.33. The Balaban J connectivity index is 2.27. The molecule has 0 bridgehead atoms. The zero-order valence-electron chi connectivity index (χ0n) is 17.4. The third-order valence-electron chi connectivity index (χ3n) is 5.02. The van der Waals surface area contributed by atoms with E-state index in [4.69, 9.17) is 0 Å². The van der Waals surface area contributed by atoms with Gasteiger partial charge in [0, 0.05) is 37.7 Å². The molecular weight excluding hydrogens is 401 g/mol. The molecule has 0 aliphatic rings. The molecule has 0 unspecified atom stereocenters. The zero-order valence-corrected chi connectivity index (χ0v) is 17.4. The topological polar surface area (TPSA) is 99.6 Å². The maximum atomic E-state index is 13.2. The predicted octanol–water partition coefficient (Wildman–Crippen LogP) is 2.75. The summed E-state index contributed by atoms with van der Waals surface area (Å²) in [6.45, 7) is 1.34. The van der Waals surface area contributed by atoms with Gasteiger partial charge in [0.25, 0.3) is 5.91 Å². The highest BCUT2D eigenvalue weighted by atomic mass is 19.1. The van der Waals surface area contributed by atoms with Crippen molar-refractivity contribution in [2.24, 2.45) is 0 Å². The molecule has 0 spiro atoms. The number of anilines is 1. The van der Waals surface area contributed by atoms with Crippen LogP contribution in [0.5, 0.6) is 5.75 Å². The second-order valence-corrected chi connectivity index (χ2v) is 7.20. The molecule has 2 N–H and O–H groups in total. The zero-order chi connectivity index (χ0) is 22.7. The summed E-state index contributed by atoms with van der Waals surface area (Å²) >= 11 is 0. The van der Waals surface area contributed by atoms with Gasteiger partial charge in [-0.15, -0.1) is 0 Å². The molecular formula is C23H22FN3O4. The van der Waals surface area contributed by atoms with Crippen LogP contribution in [-0.4, -0.2) is 42.2 Å². The monoisotopic (exact) mass is 423 g/mol. The van der Waals surface area contributed by atoms with E-state index >= 15 is 0 Å². The van der Waals surface area contributed by atoms with Crippen LogP contribution < -0.4 is 10.2 Å². The molecule has 0 atom stereocenters. The molecule has 0 aliphatic carbocycles. The highest BCUT2D eigenvalue weighted by molar-refractivity contribution is 6.41. The Morgan fingerprint density at radius 2 is 1.90 bits per heavy atom. The van der Waals surface area contributed by atoms with Crippen molar-refractivity contribution in [3.05, 3.63) is 64.6 Å². The Hall–Kier alpha value is -3.65. The first-order chi connectivity index (χ1) is 14.8. The molecule has 7 nitrogen and oxygen atoms in total. The fourth-order valence-electron chi connectivity index (χ4n) is 3.58. The highest BCUT2D eigenvalue weighted by Crippen LogP contribution is 2.39. The third-order valence-corrected chi connectivity index (χ3v) is 5.02. The Kier molecular flexibility index (Phi) is 6.41. The van der Waals surface area contributed by atoms with E-state index in [9.17, 15) is 23.9 Å². The summed E-state index contributed by atoms with van der Waals surface area (Å²) in [5, 5.41) is 14.0. The van der Waals surface area contributed by atoms with E-state index in [1.54, 1.807) is 31.4 Å². The largest absolute Gasteiger partial charge is 0.505 e. The SMILES string of the molecule is CNCc1c(C=O)c(O)c2ncc(Cc3ccc(F)cc3)cc2c1N(C)C(=O)C(C)=O. The quantitative estimate of drug-likeness (QED) is 0.448. The number of hydrogen-bond acceptors (Lipinski definition) is 6. The fraction of sp³-hybridized carbons (Fsp3) is 0.217. The van der Waals surface area contributed by atoms with E-state index in [0.29, 0.717) is 29.3 Å². The molecule has 0 radical (unpaired) electrons. The van der Waals surface area contributed by atoms with Gasteiger partial charge in [-0.05, 0) is 42.8 Å². The number of aromatic nitrogens is 1. The number of phenols is 1. The molecule has 0 fully saturated rings. The first-order valence-electron chi connectivity index (χ1n) is 9.57. The van der Waals surface area contributed by atoms with Crippen molar-refractivity contribution in [3.63, 3.8) is 0 Å². The Morgan fingerprint density at radius 1 is 1.23 bits per heavy atom. The minimum atomic E-state index is -0.759. The summed E-state index contributed by atoms with van der Waals surface area (Å²) in [7, 11) is 3.10. The summed E-state index contributed by atoms with van der Waals surface area (Å²) in [4.78, 5) is 41.5. The molecule has 0 saturated heterocycles. The summed E-state index contributed by atoms with van der Waals surface area (Å²) in [6, 6.07) is 7.79. The van der Waals surface area contributed by atoms with Crippen molar-refractivity contribution in [1.82, 2.24) is 10.3 Å². The molecule has 3 rings (SSSR count). The van der Waals surface area contributed by atoms with Gasteiger partial charge in [-0.25, -0.2) is 4.39 Å². The van der Waals surface area contributed by atoms with Crippen LogP contribution in [-0.2, 0) is 22.6 Å². The Morgan fingerprint density at radius 3 is 2.48 bits per heavy atom. The minimum absolute atomic E-state index is 0.00108. The lowest BCUT2D eigenvalue weighted by Gasteiger charge is -2.24. The van der Waals surface area contributed by atoms with Crippen molar-refractivity contribution < 1.29 is 23.9 Å². The molecule has 1 amide bonds. The number of aromatic hydroxyl groups is 1. The Labute approximate surface area is 178 Å². The van der Waals surface area contributed by atoms with E-state index in [2.05, 4.69) is 10.3 Å². The van der Waals surface area contributed by atoms with Crippen molar-refractivity contribution in [3.8, 4) is 5.75 Å². The number of nitrogens with zero attached hydrogens (tertiary/aromatic N) is 2. The van der Waals surface area contributed by atoms with Gasteiger partial charge in [-0.3, -0.25) is 19.4 Å². The van der Waals surface area contributed by atoms with Crippen LogP contribution >= 0.6 is 0 Å². The normalized spacial score (nSPS) is 10.8. The smallest absolute Gasteiger partial charge is 0.293 e. The number of pyridine rings is 1. The van der Waals surface area contributed by atoms with Crippen LogP contribution in [0.25, 0.3) is 10.9 Å². The van der Waals surface area contributed by atoms with Gasteiger partial charge in [0.15, 0.2) is 12.0 Å². The number of benzene rings is 2. The molecule has 1 heterocycles. The Bertz CT molecular complexity index is 1180. The molecule has 31 heavy (non-hydrogen) atoms. The van der Waals surface area contributed by atoms with Gasteiger partial charge >= 0.3 is 0 Å². The predicted molar refractivity (Wildman–Crippen MR) is 115 cm³/mol. The molecule has 160 valence electrons. The van der Waals surface area contributed by atoms with E-state index in [0.717, 1.165) is 18.1 Å². The number of fused-ring (bicyclic) bond motifs is 1. The van der Waals surface area contributed by atoms with E-state index < -0.39 is 11.7 Å². The van der Waals surface area contributed by atoms with E-state index in [-0.39, 0.29) is 29.2 Å². The number of hydrogen-bond donors (Lipinski definition) is 2. The second-order valence-electron chi connectivity index (χ2n) is 7.20. The number of aldehydes is 1. The van der Waals surface area contributed by atoms with Gasteiger partial charge in [-0.2, -0.15) is 0 Å². The number of carbonyl (C=O) groups excluding carboxylic acids is 3. The van der Waals surface area contributed by atoms with Crippen molar-refractivity contribution >= 4 is 34.6 Å². The molecule has 0 saturated carbocycles. The second kappa shape index (κ2) is 9.01. The standard InChI is InChI=1S/C23H22FN3O4/c1-13(29)23(31)27(3)21-17-9-15(8-14-4-6-16(24)7-5-14)10-26-20(17)22(30)19(12-28)18(21)11-25-2/h4-7,9-10,12,25,30H,8,11H2,1-3H3. The lowest BCUT2D eigenvalue weighted by molar-refractivity contribution is -0.134. The first kappa shape index (κ1) is 22.0. The number of likely N-dealkylation sites (N-methyl/N-ethyl adjacent to an activating group) is 1. The number of Topliss-reactive ketones (excluding diaryl/α,β-unsaturated/α-hetero) is 1.